The number of carbonyl (C=O) groups excluding carboxylic acids is 1. The van der Waals surface area contributed by atoms with Gasteiger partial charge in [-0.3, -0.25) is 4.79 Å². The molecule has 6 heteroatoms. The number of halogens is 1. The molecule has 4 aromatic rings. The van der Waals surface area contributed by atoms with E-state index in [-0.39, 0.29) is 11.8 Å². The summed E-state index contributed by atoms with van der Waals surface area (Å²) < 4.78 is 8.32. The molecule has 1 amide bonds. The fraction of sp³-hybridized carbons (Fsp3) is 0.286. The summed E-state index contributed by atoms with van der Waals surface area (Å²) in [4.78, 5) is 19.8. The number of carbonyl (C=O) groups is 1. The maximum atomic E-state index is 13.0. The van der Waals surface area contributed by atoms with Crippen molar-refractivity contribution in [1.29, 1.82) is 0 Å². The summed E-state index contributed by atoms with van der Waals surface area (Å²) in [5.41, 5.74) is 6.10. The Balaban J connectivity index is 1.41. The van der Waals surface area contributed by atoms with Gasteiger partial charge in [-0.2, -0.15) is 0 Å². The van der Waals surface area contributed by atoms with Crippen molar-refractivity contribution in [3.8, 4) is 5.75 Å². The standard InChI is InChI=1S/C28H28ClN3O2/c1-18-8-4-6-10-24(18)32-17-21(16-26(32)33)28-30-23-9-5-7-11-25(23)31(28)12-13-34-22-14-19(2)27(29)20(3)15-22/h4-11,14-15,21H,12-13,16-17H2,1-3H3. The largest absolute Gasteiger partial charge is 0.492 e. The van der Waals surface area contributed by atoms with Crippen molar-refractivity contribution in [1.82, 2.24) is 9.55 Å². The second-order valence-corrected chi connectivity index (χ2v) is 9.40. The Morgan fingerprint density at radius 2 is 1.71 bits per heavy atom. The zero-order valence-electron chi connectivity index (χ0n) is 19.7. The first-order valence-electron chi connectivity index (χ1n) is 11.6. The number of hydrogen-bond donors (Lipinski definition) is 0. The number of imidazole rings is 1. The average molecular weight is 474 g/mol. The summed E-state index contributed by atoms with van der Waals surface area (Å²) >= 11 is 6.30. The van der Waals surface area contributed by atoms with Crippen LogP contribution in [0.1, 0.15) is 34.9 Å². The van der Waals surface area contributed by atoms with Crippen LogP contribution in [-0.2, 0) is 11.3 Å². The van der Waals surface area contributed by atoms with Gasteiger partial charge >= 0.3 is 0 Å². The third kappa shape index (κ3) is 4.16. The van der Waals surface area contributed by atoms with Gasteiger partial charge in [-0.05, 0) is 67.8 Å². The van der Waals surface area contributed by atoms with Crippen LogP contribution in [0.4, 0.5) is 5.69 Å². The van der Waals surface area contributed by atoms with Crippen molar-refractivity contribution in [2.45, 2.75) is 39.7 Å². The second kappa shape index (κ2) is 9.15. The molecule has 174 valence electrons. The van der Waals surface area contributed by atoms with Crippen molar-refractivity contribution in [3.63, 3.8) is 0 Å². The van der Waals surface area contributed by atoms with Gasteiger partial charge in [-0.15, -0.1) is 0 Å². The molecule has 2 heterocycles. The summed E-state index contributed by atoms with van der Waals surface area (Å²) in [6.45, 7) is 7.79. The van der Waals surface area contributed by atoms with E-state index in [2.05, 4.69) is 10.6 Å². The van der Waals surface area contributed by atoms with Gasteiger partial charge in [0, 0.05) is 29.6 Å². The number of amides is 1. The molecule has 0 bridgehead atoms. The number of anilines is 1. The highest BCUT2D eigenvalue weighted by Gasteiger charge is 2.35. The van der Waals surface area contributed by atoms with E-state index in [0.29, 0.717) is 26.1 Å². The lowest BCUT2D eigenvalue weighted by Crippen LogP contribution is -2.25. The molecule has 5 rings (SSSR count). The number of rotatable bonds is 6. The van der Waals surface area contributed by atoms with Gasteiger partial charge in [-0.25, -0.2) is 4.98 Å². The van der Waals surface area contributed by atoms with E-state index >= 15 is 0 Å². The van der Waals surface area contributed by atoms with Gasteiger partial charge in [0.2, 0.25) is 5.91 Å². The molecule has 0 N–H and O–H groups in total. The van der Waals surface area contributed by atoms with Gasteiger partial charge in [0.05, 0.1) is 17.6 Å². The lowest BCUT2D eigenvalue weighted by Gasteiger charge is -2.19. The summed E-state index contributed by atoms with van der Waals surface area (Å²) in [7, 11) is 0. The number of para-hydroxylation sites is 3. The van der Waals surface area contributed by atoms with Crippen LogP contribution in [0.25, 0.3) is 11.0 Å². The first-order chi connectivity index (χ1) is 16.4. The van der Waals surface area contributed by atoms with Crippen molar-refractivity contribution >= 4 is 34.2 Å². The topological polar surface area (TPSA) is 47.4 Å². The van der Waals surface area contributed by atoms with E-state index < -0.39 is 0 Å². The molecule has 1 unspecified atom stereocenters. The van der Waals surface area contributed by atoms with Gasteiger partial charge in [-0.1, -0.05) is 41.9 Å². The number of hydrogen-bond acceptors (Lipinski definition) is 3. The first kappa shape index (κ1) is 22.5. The summed E-state index contributed by atoms with van der Waals surface area (Å²) in [6.07, 6.45) is 0.452. The van der Waals surface area contributed by atoms with E-state index in [1.54, 1.807) is 0 Å². The number of ether oxygens (including phenoxy) is 1. The fourth-order valence-electron chi connectivity index (χ4n) is 4.86. The van der Waals surface area contributed by atoms with E-state index in [1.165, 1.54) is 0 Å². The monoisotopic (exact) mass is 473 g/mol. The minimum absolute atomic E-state index is 0.0273. The fourth-order valence-corrected chi connectivity index (χ4v) is 4.97. The second-order valence-electron chi connectivity index (χ2n) is 9.02. The highest BCUT2D eigenvalue weighted by molar-refractivity contribution is 6.32. The molecule has 1 atom stereocenters. The van der Waals surface area contributed by atoms with Gasteiger partial charge in [0.25, 0.3) is 0 Å². The molecule has 0 saturated carbocycles. The molecule has 1 saturated heterocycles. The van der Waals surface area contributed by atoms with Crippen LogP contribution in [0, 0.1) is 20.8 Å². The maximum Gasteiger partial charge on any atom is 0.227 e. The van der Waals surface area contributed by atoms with E-state index in [0.717, 1.165) is 50.0 Å². The highest BCUT2D eigenvalue weighted by atomic mass is 35.5. The third-order valence-electron chi connectivity index (χ3n) is 6.57. The molecule has 0 spiro atoms. The molecule has 0 aliphatic carbocycles. The van der Waals surface area contributed by atoms with Crippen molar-refractivity contribution in [2.75, 3.05) is 18.1 Å². The molecular weight excluding hydrogens is 446 g/mol. The van der Waals surface area contributed by atoms with E-state index in [9.17, 15) is 4.79 Å². The minimum atomic E-state index is 0.0273. The van der Waals surface area contributed by atoms with E-state index in [1.807, 2.05) is 80.3 Å². The van der Waals surface area contributed by atoms with Gasteiger partial charge in [0.15, 0.2) is 0 Å². The Labute approximate surface area is 204 Å². The van der Waals surface area contributed by atoms with Crippen LogP contribution in [0.5, 0.6) is 5.75 Å². The van der Waals surface area contributed by atoms with E-state index in [4.69, 9.17) is 21.3 Å². The predicted molar refractivity (Wildman–Crippen MR) is 137 cm³/mol. The summed E-state index contributed by atoms with van der Waals surface area (Å²) in [5.74, 6) is 1.92. The molecule has 0 radical (unpaired) electrons. The molecular formula is C28H28ClN3O2. The summed E-state index contributed by atoms with van der Waals surface area (Å²) in [5, 5.41) is 0.777. The lowest BCUT2D eigenvalue weighted by molar-refractivity contribution is -0.117. The Morgan fingerprint density at radius 1 is 1.00 bits per heavy atom. The number of nitrogens with zero attached hydrogens (tertiary/aromatic N) is 3. The first-order valence-corrected chi connectivity index (χ1v) is 12.0. The molecule has 1 fully saturated rings. The van der Waals surface area contributed by atoms with Crippen LogP contribution in [0.2, 0.25) is 5.02 Å². The Bertz CT molecular complexity index is 1350. The minimum Gasteiger partial charge on any atom is -0.492 e. The Hall–Kier alpha value is -3.31. The van der Waals surface area contributed by atoms with Crippen LogP contribution >= 0.6 is 11.6 Å². The predicted octanol–water partition coefficient (Wildman–Crippen LogP) is 6.21. The normalized spacial score (nSPS) is 15.9. The molecule has 1 aliphatic heterocycles. The average Bonchev–Trinajstić information content (AvgIpc) is 3.38. The highest BCUT2D eigenvalue weighted by Crippen LogP contribution is 2.34. The van der Waals surface area contributed by atoms with Crippen LogP contribution in [-0.4, -0.2) is 28.6 Å². The van der Waals surface area contributed by atoms with Crippen molar-refractivity contribution in [2.24, 2.45) is 0 Å². The number of aromatic nitrogens is 2. The molecule has 34 heavy (non-hydrogen) atoms. The quantitative estimate of drug-likeness (QED) is 0.334. The molecule has 5 nitrogen and oxygen atoms in total. The van der Waals surface area contributed by atoms with Crippen LogP contribution in [0.15, 0.2) is 60.7 Å². The number of fused-ring (bicyclic) bond motifs is 1. The molecule has 1 aromatic heterocycles. The lowest BCUT2D eigenvalue weighted by atomic mass is 10.1. The zero-order chi connectivity index (χ0) is 23.8. The smallest absolute Gasteiger partial charge is 0.227 e. The number of benzene rings is 3. The van der Waals surface area contributed by atoms with Crippen molar-refractivity contribution < 1.29 is 9.53 Å². The number of aryl methyl sites for hydroxylation is 3. The van der Waals surface area contributed by atoms with Crippen LogP contribution in [0.3, 0.4) is 0 Å². The summed E-state index contributed by atoms with van der Waals surface area (Å²) in [6, 6.07) is 20.1. The SMILES string of the molecule is Cc1ccccc1N1CC(c2nc3ccccc3n2CCOc2cc(C)c(Cl)c(C)c2)CC1=O. The van der Waals surface area contributed by atoms with Gasteiger partial charge < -0.3 is 14.2 Å². The van der Waals surface area contributed by atoms with Crippen LogP contribution < -0.4 is 9.64 Å². The molecule has 3 aromatic carbocycles. The zero-order valence-corrected chi connectivity index (χ0v) is 20.5. The maximum absolute atomic E-state index is 13.0. The Kier molecular flexibility index (Phi) is 6.05. The van der Waals surface area contributed by atoms with Gasteiger partial charge in [0.1, 0.15) is 18.2 Å². The third-order valence-corrected chi connectivity index (χ3v) is 7.17. The molecule has 1 aliphatic rings. The van der Waals surface area contributed by atoms with Crippen molar-refractivity contribution in [3.05, 3.63) is 88.2 Å². The Morgan fingerprint density at radius 3 is 2.47 bits per heavy atom.